The monoisotopic (exact) mass is 485 g/mol. The third-order valence-corrected chi connectivity index (χ3v) is 7.40. The maximum atomic E-state index is 12.9. The summed E-state index contributed by atoms with van der Waals surface area (Å²) >= 11 is 1.59. The molecule has 3 aromatic rings. The SMILES string of the molecule is COC(=O)[C@H](CCSC)NC(=O)CCc1c(C)c2cc3c4c(oc3c(C)c2oc1=O)CCCC4. The number of amides is 1. The molecule has 1 aliphatic carbocycles. The number of nitrogens with one attached hydrogen (secondary N) is 1. The van der Waals surface area contributed by atoms with Crippen LogP contribution in [-0.4, -0.2) is 37.0 Å². The molecule has 0 spiro atoms. The molecule has 1 aliphatic rings. The Morgan fingerprint density at radius 3 is 2.59 bits per heavy atom. The minimum absolute atomic E-state index is 0.0756. The fraction of sp³-hybridized carbons (Fsp3) is 0.500. The second kappa shape index (κ2) is 10.3. The lowest BCUT2D eigenvalue weighted by molar-refractivity contribution is -0.145. The number of rotatable bonds is 8. The fourth-order valence-electron chi connectivity index (χ4n) is 4.84. The Morgan fingerprint density at radius 2 is 1.85 bits per heavy atom. The standard InChI is InChI=1S/C26H31NO6S/c1-14-16(9-10-22(28)27-20(11-12-34-4)26(30)31-3)25(29)33-23-15(2)24-19(13-18(14)23)17-7-5-6-8-21(17)32-24/h13,20H,5-12H2,1-4H3,(H,27,28)/t20-/m0/s1. The number of carbonyl (C=O) groups excluding carboxylic acids is 2. The summed E-state index contributed by atoms with van der Waals surface area (Å²) in [7, 11) is 1.31. The van der Waals surface area contributed by atoms with Gasteiger partial charge >= 0.3 is 11.6 Å². The van der Waals surface area contributed by atoms with E-state index in [0.717, 1.165) is 64.7 Å². The van der Waals surface area contributed by atoms with Gasteiger partial charge in [0.05, 0.1) is 7.11 Å². The Bertz CT molecular complexity index is 1300. The van der Waals surface area contributed by atoms with Crippen molar-refractivity contribution in [3.05, 3.63) is 44.5 Å². The van der Waals surface area contributed by atoms with Gasteiger partial charge in [0.25, 0.3) is 0 Å². The Labute approximate surface area is 202 Å². The number of ether oxygens (including phenoxy) is 1. The number of benzene rings is 1. The topological polar surface area (TPSA) is 98.8 Å². The Kier molecular flexibility index (Phi) is 7.36. The first-order chi connectivity index (χ1) is 16.3. The zero-order chi connectivity index (χ0) is 24.4. The molecular formula is C26H31NO6S. The minimum atomic E-state index is -0.692. The number of hydrogen-bond donors (Lipinski definition) is 1. The number of hydrogen-bond acceptors (Lipinski definition) is 7. The molecule has 1 amide bonds. The summed E-state index contributed by atoms with van der Waals surface area (Å²) in [5.41, 5.74) is 4.30. The molecule has 0 radical (unpaired) electrons. The van der Waals surface area contributed by atoms with E-state index in [0.29, 0.717) is 17.6 Å². The smallest absolute Gasteiger partial charge is 0.339 e. The van der Waals surface area contributed by atoms with Gasteiger partial charge in [0.1, 0.15) is 23.0 Å². The number of aryl methyl sites for hydroxylation is 4. The van der Waals surface area contributed by atoms with E-state index in [-0.39, 0.29) is 18.7 Å². The summed E-state index contributed by atoms with van der Waals surface area (Å²) in [6.45, 7) is 3.83. The molecule has 182 valence electrons. The first kappa shape index (κ1) is 24.4. The molecule has 0 unspecified atom stereocenters. The van der Waals surface area contributed by atoms with Crippen LogP contribution in [0.5, 0.6) is 0 Å². The second-order valence-corrected chi connectivity index (χ2v) is 9.87. The highest BCUT2D eigenvalue weighted by Crippen LogP contribution is 2.37. The third-order valence-electron chi connectivity index (χ3n) is 6.76. The van der Waals surface area contributed by atoms with Crippen LogP contribution < -0.4 is 10.9 Å². The average molecular weight is 486 g/mol. The van der Waals surface area contributed by atoms with Gasteiger partial charge in [0.15, 0.2) is 0 Å². The number of methoxy groups -OCH3 is 1. The highest BCUT2D eigenvalue weighted by molar-refractivity contribution is 7.98. The quantitative estimate of drug-likeness (QED) is 0.373. The van der Waals surface area contributed by atoms with Crippen molar-refractivity contribution in [3.63, 3.8) is 0 Å². The van der Waals surface area contributed by atoms with Crippen LogP contribution in [0.4, 0.5) is 0 Å². The van der Waals surface area contributed by atoms with E-state index >= 15 is 0 Å². The van der Waals surface area contributed by atoms with Crippen molar-refractivity contribution >= 4 is 45.6 Å². The van der Waals surface area contributed by atoms with Crippen molar-refractivity contribution in [1.82, 2.24) is 5.32 Å². The van der Waals surface area contributed by atoms with Gasteiger partial charge in [-0.05, 0) is 69.6 Å². The van der Waals surface area contributed by atoms with Gasteiger partial charge in [0.2, 0.25) is 5.91 Å². The maximum absolute atomic E-state index is 12.9. The fourth-order valence-corrected chi connectivity index (χ4v) is 5.31. The highest BCUT2D eigenvalue weighted by atomic mass is 32.2. The van der Waals surface area contributed by atoms with Crippen LogP contribution in [0.3, 0.4) is 0 Å². The molecule has 2 aromatic heterocycles. The van der Waals surface area contributed by atoms with Crippen molar-refractivity contribution in [2.75, 3.05) is 19.1 Å². The summed E-state index contributed by atoms with van der Waals surface area (Å²) < 4.78 is 16.7. The molecular weight excluding hydrogens is 454 g/mol. The van der Waals surface area contributed by atoms with E-state index < -0.39 is 17.6 Å². The van der Waals surface area contributed by atoms with Crippen LogP contribution >= 0.6 is 11.8 Å². The van der Waals surface area contributed by atoms with Crippen LogP contribution in [0.25, 0.3) is 21.9 Å². The van der Waals surface area contributed by atoms with E-state index in [2.05, 4.69) is 11.4 Å². The molecule has 0 saturated heterocycles. The molecule has 1 aromatic carbocycles. The molecule has 1 atom stereocenters. The van der Waals surface area contributed by atoms with Crippen LogP contribution in [0, 0.1) is 13.8 Å². The Morgan fingerprint density at radius 1 is 1.12 bits per heavy atom. The van der Waals surface area contributed by atoms with Crippen molar-refractivity contribution in [3.8, 4) is 0 Å². The number of fused-ring (bicyclic) bond motifs is 4. The number of thioether (sulfide) groups is 1. The highest BCUT2D eigenvalue weighted by Gasteiger charge is 2.24. The van der Waals surface area contributed by atoms with Gasteiger partial charge in [0, 0.05) is 40.3 Å². The van der Waals surface area contributed by atoms with E-state index in [4.69, 9.17) is 13.6 Å². The summed E-state index contributed by atoms with van der Waals surface area (Å²) in [5, 5.41) is 4.71. The van der Waals surface area contributed by atoms with Gasteiger partial charge in [-0.2, -0.15) is 11.8 Å². The molecule has 0 fully saturated rings. The van der Waals surface area contributed by atoms with Crippen LogP contribution in [0.2, 0.25) is 0 Å². The zero-order valence-corrected chi connectivity index (χ0v) is 21.0. The van der Waals surface area contributed by atoms with Gasteiger partial charge in [-0.1, -0.05) is 0 Å². The van der Waals surface area contributed by atoms with E-state index in [1.165, 1.54) is 12.7 Å². The minimum Gasteiger partial charge on any atom is -0.467 e. The summed E-state index contributed by atoms with van der Waals surface area (Å²) in [6, 6.07) is 1.38. The maximum Gasteiger partial charge on any atom is 0.339 e. The second-order valence-electron chi connectivity index (χ2n) is 8.88. The number of carbonyl (C=O) groups is 2. The van der Waals surface area contributed by atoms with Crippen LogP contribution in [-0.2, 0) is 33.6 Å². The van der Waals surface area contributed by atoms with Gasteiger partial charge in [-0.3, -0.25) is 4.79 Å². The third kappa shape index (κ3) is 4.60. The van der Waals surface area contributed by atoms with E-state index in [1.54, 1.807) is 11.8 Å². The largest absolute Gasteiger partial charge is 0.467 e. The van der Waals surface area contributed by atoms with Gasteiger partial charge < -0.3 is 18.9 Å². The summed E-state index contributed by atoms with van der Waals surface area (Å²) in [4.78, 5) is 37.4. The van der Waals surface area contributed by atoms with E-state index in [1.807, 2.05) is 20.1 Å². The number of furan rings is 1. The van der Waals surface area contributed by atoms with E-state index in [9.17, 15) is 14.4 Å². The summed E-state index contributed by atoms with van der Waals surface area (Å²) in [6.07, 6.45) is 6.93. The lowest BCUT2D eigenvalue weighted by atomic mass is 9.93. The lowest BCUT2D eigenvalue weighted by Crippen LogP contribution is -2.42. The molecule has 2 heterocycles. The average Bonchev–Trinajstić information content (AvgIpc) is 3.21. The zero-order valence-electron chi connectivity index (χ0n) is 20.2. The van der Waals surface area contributed by atoms with Crippen molar-refractivity contribution in [1.29, 1.82) is 0 Å². The first-order valence-electron chi connectivity index (χ1n) is 11.7. The van der Waals surface area contributed by atoms with Crippen molar-refractivity contribution in [2.24, 2.45) is 0 Å². The molecule has 0 aliphatic heterocycles. The molecule has 1 N–H and O–H groups in total. The van der Waals surface area contributed by atoms with Crippen molar-refractivity contribution < 1.29 is 23.2 Å². The Balaban J connectivity index is 1.61. The molecule has 34 heavy (non-hydrogen) atoms. The van der Waals surface area contributed by atoms with Crippen molar-refractivity contribution in [2.45, 2.75) is 64.8 Å². The normalized spacial score (nSPS) is 14.2. The van der Waals surface area contributed by atoms with Crippen LogP contribution in [0.15, 0.2) is 19.7 Å². The van der Waals surface area contributed by atoms with Crippen LogP contribution in [0.1, 0.15) is 53.7 Å². The lowest BCUT2D eigenvalue weighted by Gasteiger charge is -2.16. The molecule has 0 bridgehead atoms. The first-order valence-corrected chi connectivity index (χ1v) is 13.1. The predicted molar refractivity (Wildman–Crippen MR) is 134 cm³/mol. The van der Waals surface area contributed by atoms with Gasteiger partial charge in [-0.15, -0.1) is 0 Å². The summed E-state index contributed by atoms with van der Waals surface area (Å²) in [5.74, 6) is 0.995. The van der Waals surface area contributed by atoms with Gasteiger partial charge in [-0.25, -0.2) is 9.59 Å². The molecule has 7 nitrogen and oxygen atoms in total. The molecule has 4 rings (SSSR count). The molecule has 8 heteroatoms. The molecule has 0 saturated carbocycles. The number of esters is 1. The Hall–Kier alpha value is -2.74. The predicted octanol–water partition coefficient (Wildman–Crippen LogP) is 4.38.